The van der Waals surface area contributed by atoms with Crippen LogP contribution < -0.4 is 5.73 Å². The first-order valence-electron chi connectivity index (χ1n) is 5.85. The second-order valence-corrected chi connectivity index (χ2v) is 4.02. The number of benzene rings is 2. The molecule has 0 bridgehead atoms. The quantitative estimate of drug-likeness (QED) is 0.670. The van der Waals surface area contributed by atoms with E-state index in [1.165, 1.54) is 6.08 Å². The molecular formula is C16H13NO2. The standard InChI is InChI=1S/C16H13NO2/c17-15(18)11-10-12-6-4-5-9-14(12)16(19)13-7-2-1-3-8-13/h1-11H,(H2,17,18)/b11-10+. The molecule has 0 saturated heterocycles. The largest absolute Gasteiger partial charge is 0.366 e. The van der Waals surface area contributed by atoms with Crippen molar-refractivity contribution in [1.29, 1.82) is 0 Å². The number of hydrogen-bond acceptors (Lipinski definition) is 2. The molecule has 2 aromatic carbocycles. The predicted molar refractivity (Wildman–Crippen MR) is 74.5 cm³/mol. The lowest BCUT2D eigenvalue weighted by atomic mass is 9.98. The summed E-state index contributed by atoms with van der Waals surface area (Å²) in [4.78, 5) is 23.1. The van der Waals surface area contributed by atoms with E-state index in [-0.39, 0.29) is 5.78 Å². The van der Waals surface area contributed by atoms with Crippen molar-refractivity contribution in [1.82, 2.24) is 0 Å². The second-order valence-electron chi connectivity index (χ2n) is 4.02. The van der Waals surface area contributed by atoms with Gasteiger partial charge in [-0.2, -0.15) is 0 Å². The van der Waals surface area contributed by atoms with Gasteiger partial charge in [-0.1, -0.05) is 54.6 Å². The van der Waals surface area contributed by atoms with Gasteiger partial charge in [-0.15, -0.1) is 0 Å². The molecule has 3 heteroatoms. The molecule has 1 amide bonds. The van der Waals surface area contributed by atoms with Crippen LogP contribution in [0.15, 0.2) is 60.7 Å². The van der Waals surface area contributed by atoms with E-state index < -0.39 is 5.91 Å². The van der Waals surface area contributed by atoms with Crippen LogP contribution in [0.1, 0.15) is 21.5 Å². The number of primary amides is 1. The Labute approximate surface area is 111 Å². The smallest absolute Gasteiger partial charge is 0.241 e. The molecule has 0 fully saturated rings. The minimum Gasteiger partial charge on any atom is -0.366 e. The van der Waals surface area contributed by atoms with Gasteiger partial charge in [0.05, 0.1) is 0 Å². The molecule has 2 aromatic rings. The minimum atomic E-state index is -0.540. The molecular weight excluding hydrogens is 238 g/mol. The summed E-state index contributed by atoms with van der Waals surface area (Å²) in [6, 6.07) is 16.1. The first-order valence-corrected chi connectivity index (χ1v) is 5.85. The van der Waals surface area contributed by atoms with Gasteiger partial charge in [0.1, 0.15) is 0 Å². The van der Waals surface area contributed by atoms with Crippen molar-refractivity contribution < 1.29 is 9.59 Å². The molecule has 0 radical (unpaired) electrons. The summed E-state index contributed by atoms with van der Waals surface area (Å²) in [5, 5.41) is 0. The zero-order valence-electron chi connectivity index (χ0n) is 10.2. The van der Waals surface area contributed by atoms with Crippen molar-refractivity contribution in [3.63, 3.8) is 0 Å². The van der Waals surface area contributed by atoms with E-state index in [4.69, 9.17) is 5.73 Å². The van der Waals surface area contributed by atoms with Gasteiger partial charge in [0.25, 0.3) is 0 Å². The molecule has 0 saturated carbocycles. The molecule has 94 valence electrons. The molecule has 3 nitrogen and oxygen atoms in total. The molecule has 0 aliphatic rings. The summed E-state index contributed by atoms with van der Waals surface area (Å²) in [7, 11) is 0. The third kappa shape index (κ3) is 3.16. The Morgan fingerprint density at radius 2 is 1.53 bits per heavy atom. The van der Waals surface area contributed by atoms with E-state index in [9.17, 15) is 9.59 Å². The fraction of sp³-hybridized carbons (Fsp3) is 0. The normalized spacial score (nSPS) is 10.5. The van der Waals surface area contributed by atoms with Crippen LogP contribution in [0, 0.1) is 0 Å². The molecule has 0 aromatic heterocycles. The number of carbonyl (C=O) groups is 2. The Bertz CT molecular complexity index is 630. The lowest BCUT2D eigenvalue weighted by Crippen LogP contribution is -2.06. The van der Waals surface area contributed by atoms with Gasteiger partial charge in [-0.25, -0.2) is 0 Å². The van der Waals surface area contributed by atoms with Crippen LogP contribution in [-0.2, 0) is 4.79 Å². The maximum atomic E-state index is 12.4. The Kier molecular flexibility index (Phi) is 3.88. The SMILES string of the molecule is NC(=O)/C=C/c1ccccc1C(=O)c1ccccc1. The van der Waals surface area contributed by atoms with Crippen LogP contribution in [0.5, 0.6) is 0 Å². The summed E-state index contributed by atoms with van der Waals surface area (Å²) in [6.45, 7) is 0. The highest BCUT2D eigenvalue weighted by atomic mass is 16.1. The molecule has 0 aliphatic heterocycles. The summed E-state index contributed by atoms with van der Waals surface area (Å²) in [5.74, 6) is -0.618. The molecule has 0 heterocycles. The third-order valence-corrected chi connectivity index (χ3v) is 2.67. The molecule has 0 unspecified atom stereocenters. The Balaban J connectivity index is 2.40. The van der Waals surface area contributed by atoms with Gasteiger partial charge in [0.15, 0.2) is 5.78 Å². The van der Waals surface area contributed by atoms with Gasteiger partial charge in [0.2, 0.25) is 5.91 Å². The van der Waals surface area contributed by atoms with Crippen LogP contribution in [0.3, 0.4) is 0 Å². The second kappa shape index (κ2) is 5.78. The highest BCUT2D eigenvalue weighted by Gasteiger charge is 2.11. The fourth-order valence-electron chi connectivity index (χ4n) is 1.77. The van der Waals surface area contributed by atoms with Gasteiger partial charge >= 0.3 is 0 Å². The van der Waals surface area contributed by atoms with Crippen molar-refractivity contribution in [2.24, 2.45) is 5.73 Å². The van der Waals surface area contributed by atoms with E-state index in [0.717, 1.165) is 0 Å². The van der Waals surface area contributed by atoms with Crippen LogP contribution in [0.25, 0.3) is 6.08 Å². The summed E-state index contributed by atoms with van der Waals surface area (Å²) < 4.78 is 0. The lowest BCUT2D eigenvalue weighted by Gasteiger charge is -2.05. The minimum absolute atomic E-state index is 0.0784. The van der Waals surface area contributed by atoms with Crippen molar-refractivity contribution >= 4 is 17.8 Å². The van der Waals surface area contributed by atoms with Gasteiger partial charge < -0.3 is 5.73 Å². The zero-order valence-corrected chi connectivity index (χ0v) is 10.2. The molecule has 2 rings (SSSR count). The highest BCUT2D eigenvalue weighted by molar-refractivity contribution is 6.11. The van der Waals surface area contributed by atoms with Crippen molar-refractivity contribution in [2.75, 3.05) is 0 Å². The average Bonchev–Trinajstić information content (AvgIpc) is 2.45. The van der Waals surface area contributed by atoms with E-state index in [1.807, 2.05) is 24.3 Å². The van der Waals surface area contributed by atoms with Crippen LogP contribution >= 0.6 is 0 Å². The van der Waals surface area contributed by atoms with Gasteiger partial charge in [-0.3, -0.25) is 9.59 Å². The summed E-state index contributed by atoms with van der Waals surface area (Å²) >= 11 is 0. The lowest BCUT2D eigenvalue weighted by molar-refractivity contribution is -0.113. The van der Waals surface area contributed by atoms with Crippen LogP contribution in [0.4, 0.5) is 0 Å². The number of carbonyl (C=O) groups excluding carboxylic acids is 2. The Morgan fingerprint density at radius 1 is 0.895 bits per heavy atom. The van der Waals surface area contributed by atoms with Crippen molar-refractivity contribution in [2.45, 2.75) is 0 Å². The van der Waals surface area contributed by atoms with Gasteiger partial charge in [-0.05, 0) is 11.6 Å². The number of rotatable bonds is 4. The monoisotopic (exact) mass is 251 g/mol. The topological polar surface area (TPSA) is 60.2 Å². The summed E-state index contributed by atoms with van der Waals surface area (Å²) in [6.07, 6.45) is 2.80. The Morgan fingerprint density at radius 3 is 2.21 bits per heavy atom. The third-order valence-electron chi connectivity index (χ3n) is 2.67. The highest BCUT2D eigenvalue weighted by Crippen LogP contribution is 2.15. The maximum Gasteiger partial charge on any atom is 0.241 e. The zero-order chi connectivity index (χ0) is 13.7. The van der Waals surface area contributed by atoms with E-state index in [2.05, 4.69) is 0 Å². The molecule has 0 atom stereocenters. The van der Waals surface area contributed by atoms with Crippen LogP contribution in [0.2, 0.25) is 0 Å². The van der Waals surface area contributed by atoms with Crippen LogP contribution in [-0.4, -0.2) is 11.7 Å². The molecule has 0 aliphatic carbocycles. The van der Waals surface area contributed by atoms with Crippen molar-refractivity contribution in [3.8, 4) is 0 Å². The maximum absolute atomic E-state index is 12.4. The predicted octanol–water partition coefficient (Wildman–Crippen LogP) is 2.42. The molecule has 2 N–H and O–H groups in total. The number of hydrogen-bond donors (Lipinski definition) is 1. The first-order chi connectivity index (χ1) is 9.18. The van der Waals surface area contributed by atoms with E-state index >= 15 is 0 Å². The van der Waals surface area contributed by atoms with Gasteiger partial charge in [0, 0.05) is 17.2 Å². The number of nitrogens with two attached hydrogens (primary N) is 1. The fourth-order valence-corrected chi connectivity index (χ4v) is 1.77. The number of amides is 1. The first kappa shape index (κ1) is 12.8. The number of ketones is 1. The van der Waals surface area contributed by atoms with E-state index in [0.29, 0.717) is 16.7 Å². The van der Waals surface area contributed by atoms with Crippen molar-refractivity contribution in [3.05, 3.63) is 77.4 Å². The van der Waals surface area contributed by atoms with E-state index in [1.54, 1.807) is 36.4 Å². The molecule has 19 heavy (non-hydrogen) atoms. The molecule has 0 spiro atoms. The average molecular weight is 251 g/mol. The summed E-state index contributed by atoms with van der Waals surface area (Å²) in [5.41, 5.74) is 6.90. The Hall–Kier alpha value is -2.68.